The lowest BCUT2D eigenvalue weighted by Gasteiger charge is -2.21. The third-order valence-electron chi connectivity index (χ3n) is 3.34. The van der Waals surface area contributed by atoms with Crippen molar-refractivity contribution in [2.24, 2.45) is 0 Å². The van der Waals surface area contributed by atoms with Gasteiger partial charge in [0.15, 0.2) is 0 Å². The molecule has 1 unspecified atom stereocenters. The first-order valence-corrected chi connectivity index (χ1v) is 8.24. The molecule has 0 bridgehead atoms. The van der Waals surface area contributed by atoms with E-state index in [4.69, 9.17) is 4.98 Å². The molecule has 1 heterocycles. The molecule has 0 radical (unpaired) electrons. The first kappa shape index (κ1) is 16.1. The standard InChI is InChI=1S/C17H23FN2S/c1-10(2)15-9-21-17(20-15)16(19-11(3)4)13-8-12(5)6-7-14(13)18/h6-11,16,19H,1-5H3. The van der Waals surface area contributed by atoms with Crippen LogP contribution in [-0.4, -0.2) is 11.0 Å². The van der Waals surface area contributed by atoms with Crippen molar-refractivity contribution in [2.45, 2.75) is 52.6 Å². The number of benzene rings is 1. The van der Waals surface area contributed by atoms with E-state index in [0.717, 1.165) is 16.3 Å². The molecule has 4 heteroatoms. The average Bonchev–Trinajstić information content (AvgIpc) is 2.88. The monoisotopic (exact) mass is 306 g/mol. The van der Waals surface area contributed by atoms with Crippen LogP contribution < -0.4 is 5.32 Å². The number of thiazole rings is 1. The Morgan fingerprint density at radius 1 is 1.19 bits per heavy atom. The molecule has 1 atom stereocenters. The number of hydrogen-bond acceptors (Lipinski definition) is 3. The van der Waals surface area contributed by atoms with E-state index < -0.39 is 0 Å². The smallest absolute Gasteiger partial charge is 0.128 e. The molecule has 2 aromatic rings. The molecule has 0 fully saturated rings. The van der Waals surface area contributed by atoms with Crippen molar-refractivity contribution in [3.05, 3.63) is 51.2 Å². The van der Waals surface area contributed by atoms with Crippen molar-refractivity contribution in [2.75, 3.05) is 0 Å². The summed E-state index contributed by atoms with van der Waals surface area (Å²) in [5.74, 6) is 0.206. The summed E-state index contributed by atoms with van der Waals surface area (Å²) in [5.41, 5.74) is 2.80. The van der Waals surface area contributed by atoms with Crippen LogP contribution in [0, 0.1) is 12.7 Å². The Morgan fingerprint density at radius 2 is 1.90 bits per heavy atom. The van der Waals surface area contributed by atoms with E-state index in [9.17, 15) is 4.39 Å². The van der Waals surface area contributed by atoms with Crippen molar-refractivity contribution in [1.29, 1.82) is 0 Å². The lowest BCUT2D eigenvalue weighted by atomic mass is 10.0. The van der Waals surface area contributed by atoms with Gasteiger partial charge in [-0.1, -0.05) is 31.5 Å². The molecule has 0 saturated carbocycles. The van der Waals surface area contributed by atoms with Gasteiger partial charge in [0.05, 0.1) is 11.7 Å². The van der Waals surface area contributed by atoms with Gasteiger partial charge in [0.2, 0.25) is 0 Å². The van der Waals surface area contributed by atoms with Crippen molar-refractivity contribution in [1.82, 2.24) is 10.3 Å². The van der Waals surface area contributed by atoms with E-state index in [1.165, 1.54) is 6.07 Å². The highest BCUT2D eigenvalue weighted by Crippen LogP contribution is 2.30. The molecule has 0 aliphatic carbocycles. The highest BCUT2D eigenvalue weighted by Gasteiger charge is 2.22. The minimum Gasteiger partial charge on any atom is -0.302 e. The van der Waals surface area contributed by atoms with Crippen LogP contribution >= 0.6 is 11.3 Å². The SMILES string of the molecule is Cc1ccc(F)c(C(NC(C)C)c2nc(C(C)C)cs2)c1. The summed E-state index contributed by atoms with van der Waals surface area (Å²) in [5, 5.41) is 6.44. The van der Waals surface area contributed by atoms with Crippen LogP contribution in [0.15, 0.2) is 23.6 Å². The van der Waals surface area contributed by atoms with Gasteiger partial charge in [-0.15, -0.1) is 11.3 Å². The predicted octanol–water partition coefficient (Wildman–Crippen LogP) is 4.80. The number of nitrogens with one attached hydrogen (secondary N) is 1. The number of aryl methyl sites for hydroxylation is 1. The van der Waals surface area contributed by atoms with Gasteiger partial charge in [-0.3, -0.25) is 0 Å². The van der Waals surface area contributed by atoms with Crippen LogP contribution in [0.25, 0.3) is 0 Å². The summed E-state index contributed by atoms with van der Waals surface area (Å²) in [6.07, 6.45) is 0. The normalized spacial score (nSPS) is 13.1. The van der Waals surface area contributed by atoms with Crippen LogP contribution in [0.1, 0.15) is 61.5 Å². The number of aromatic nitrogens is 1. The second-order valence-electron chi connectivity index (χ2n) is 6.04. The van der Waals surface area contributed by atoms with Gasteiger partial charge in [-0.2, -0.15) is 0 Å². The van der Waals surface area contributed by atoms with E-state index in [1.54, 1.807) is 17.4 Å². The Kier molecular flexibility index (Phi) is 5.12. The van der Waals surface area contributed by atoms with Gasteiger partial charge in [0, 0.05) is 17.0 Å². The predicted molar refractivity (Wildman–Crippen MR) is 87.5 cm³/mol. The topological polar surface area (TPSA) is 24.9 Å². The lowest BCUT2D eigenvalue weighted by Crippen LogP contribution is -2.29. The minimum atomic E-state index is -0.192. The molecule has 1 aromatic heterocycles. The van der Waals surface area contributed by atoms with Gasteiger partial charge in [-0.25, -0.2) is 9.37 Å². The third-order valence-corrected chi connectivity index (χ3v) is 4.27. The minimum absolute atomic E-state index is 0.181. The highest BCUT2D eigenvalue weighted by atomic mass is 32.1. The number of hydrogen-bond donors (Lipinski definition) is 1. The Bertz CT molecular complexity index is 605. The average molecular weight is 306 g/mol. The van der Waals surface area contributed by atoms with E-state index in [-0.39, 0.29) is 17.9 Å². The fourth-order valence-electron chi connectivity index (χ4n) is 2.21. The molecule has 114 valence electrons. The largest absolute Gasteiger partial charge is 0.302 e. The first-order valence-electron chi connectivity index (χ1n) is 7.36. The second-order valence-corrected chi connectivity index (χ2v) is 6.93. The number of rotatable bonds is 5. The molecule has 0 saturated heterocycles. The Morgan fingerprint density at radius 3 is 2.48 bits per heavy atom. The molecular weight excluding hydrogens is 283 g/mol. The molecular formula is C17H23FN2S. The maximum atomic E-state index is 14.3. The number of nitrogens with zero attached hydrogens (tertiary/aromatic N) is 1. The molecule has 0 amide bonds. The Balaban J connectivity index is 2.44. The maximum Gasteiger partial charge on any atom is 0.128 e. The third kappa shape index (κ3) is 3.89. The first-order chi connectivity index (χ1) is 9.88. The van der Waals surface area contributed by atoms with E-state index in [2.05, 4.69) is 38.4 Å². The molecule has 21 heavy (non-hydrogen) atoms. The van der Waals surface area contributed by atoms with Gasteiger partial charge < -0.3 is 5.32 Å². The lowest BCUT2D eigenvalue weighted by molar-refractivity contribution is 0.500. The van der Waals surface area contributed by atoms with Crippen LogP contribution in [0.3, 0.4) is 0 Å². The van der Waals surface area contributed by atoms with Gasteiger partial charge in [0.25, 0.3) is 0 Å². The Labute approximate surface area is 130 Å². The van der Waals surface area contributed by atoms with E-state index in [1.807, 2.05) is 13.0 Å². The van der Waals surface area contributed by atoms with Crippen LogP contribution in [-0.2, 0) is 0 Å². The van der Waals surface area contributed by atoms with Crippen LogP contribution in [0.5, 0.6) is 0 Å². The Hall–Kier alpha value is -1.26. The summed E-state index contributed by atoms with van der Waals surface area (Å²) < 4.78 is 14.3. The zero-order valence-corrected chi connectivity index (χ0v) is 14.1. The molecule has 1 aromatic carbocycles. The fourth-order valence-corrected chi connectivity index (χ4v) is 3.27. The summed E-state index contributed by atoms with van der Waals surface area (Å²) in [7, 11) is 0. The van der Waals surface area contributed by atoms with Crippen LogP contribution in [0.2, 0.25) is 0 Å². The van der Waals surface area contributed by atoms with E-state index in [0.29, 0.717) is 11.5 Å². The van der Waals surface area contributed by atoms with Crippen molar-refractivity contribution in [3.8, 4) is 0 Å². The van der Waals surface area contributed by atoms with Crippen LogP contribution in [0.4, 0.5) is 4.39 Å². The number of halogens is 1. The zero-order valence-electron chi connectivity index (χ0n) is 13.3. The second kappa shape index (κ2) is 6.67. The summed E-state index contributed by atoms with van der Waals surface area (Å²) in [4.78, 5) is 4.70. The van der Waals surface area contributed by atoms with Crippen molar-refractivity contribution in [3.63, 3.8) is 0 Å². The van der Waals surface area contributed by atoms with Gasteiger partial charge in [-0.05, 0) is 32.8 Å². The van der Waals surface area contributed by atoms with Crippen molar-refractivity contribution < 1.29 is 4.39 Å². The maximum absolute atomic E-state index is 14.3. The molecule has 1 N–H and O–H groups in total. The summed E-state index contributed by atoms with van der Waals surface area (Å²) in [6.45, 7) is 10.4. The zero-order chi connectivity index (χ0) is 15.6. The molecule has 0 aliphatic rings. The van der Waals surface area contributed by atoms with Gasteiger partial charge in [0.1, 0.15) is 10.8 Å². The molecule has 2 rings (SSSR count). The van der Waals surface area contributed by atoms with E-state index >= 15 is 0 Å². The summed E-state index contributed by atoms with van der Waals surface area (Å²) in [6, 6.07) is 5.30. The van der Waals surface area contributed by atoms with Gasteiger partial charge >= 0.3 is 0 Å². The van der Waals surface area contributed by atoms with Crippen molar-refractivity contribution >= 4 is 11.3 Å². The summed E-state index contributed by atoms with van der Waals surface area (Å²) >= 11 is 1.60. The molecule has 0 aliphatic heterocycles. The quantitative estimate of drug-likeness (QED) is 0.858. The highest BCUT2D eigenvalue weighted by molar-refractivity contribution is 7.09. The fraction of sp³-hybridized carbons (Fsp3) is 0.471. The molecule has 0 spiro atoms. The molecule has 2 nitrogen and oxygen atoms in total.